The van der Waals surface area contributed by atoms with Gasteiger partial charge in [0.05, 0.1) is 0 Å². The van der Waals surface area contributed by atoms with Crippen LogP contribution in [0.25, 0.3) is 0 Å². The van der Waals surface area contributed by atoms with E-state index in [1.54, 1.807) is 8.61 Å². The Hall–Kier alpha value is -0.170. The third kappa shape index (κ3) is 3.97. The van der Waals surface area contributed by atoms with Crippen molar-refractivity contribution < 1.29 is 8.42 Å². The van der Waals surface area contributed by atoms with Gasteiger partial charge in [0, 0.05) is 38.3 Å². The number of piperidine rings is 1. The minimum atomic E-state index is -3.28. The first-order valence-corrected chi connectivity index (χ1v) is 10.0. The summed E-state index contributed by atoms with van der Waals surface area (Å²) in [6.45, 7) is 4.79. The summed E-state index contributed by atoms with van der Waals surface area (Å²) < 4.78 is 29.4. The van der Waals surface area contributed by atoms with Gasteiger partial charge < -0.3 is 5.32 Å². The third-order valence-corrected chi connectivity index (χ3v) is 7.06. The largest absolute Gasteiger partial charge is 0.312 e. The van der Waals surface area contributed by atoms with Crippen LogP contribution >= 0.6 is 0 Å². The molecule has 0 spiro atoms. The van der Waals surface area contributed by atoms with Crippen molar-refractivity contribution in [2.24, 2.45) is 5.92 Å². The zero-order chi connectivity index (χ0) is 14.9. The Kier molecular flexibility index (Phi) is 4.88. The van der Waals surface area contributed by atoms with E-state index in [2.05, 4.69) is 5.32 Å². The lowest BCUT2D eigenvalue weighted by atomic mass is 10.1. The fourth-order valence-corrected chi connectivity index (χ4v) is 5.13. The molecule has 1 aliphatic heterocycles. The molecule has 21 heavy (non-hydrogen) atoms. The maximum Gasteiger partial charge on any atom is 0.282 e. The fourth-order valence-electron chi connectivity index (χ4n) is 3.20. The van der Waals surface area contributed by atoms with Crippen molar-refractivity contribution in [3.05, 3.63) is 0 Å². The van der Waals surface area contributed by atoms with Crippen molar-refractivity contribution in [2.45, 2.75) is 64.0 Å². The van der Waals surface area contributed by atoms with Crippen LogP contribution in [0.4, 0.5) is 0 Å². The molecule has 2 aliphatic carbocycles. The first kappa shape index (κ1) is 15.7. The number of hydrogen-bond donors (Lipinski definition) is 1. The highest BCUT2D eigenvalue weighted by atomic mass is 32.2. The molecule has 2 saturated carbocycles. The molecule has 0 aromatic carbocycles. The van der Waals surface area contributed by atoms with Crippen molar-refractivity contribution in [2.75, 3.05) is 26.2 Å². The molecule has 0 radical (unpaired) electrons. The smallest absolute Gasteiger partial charge is 0.282 e. The van der Waals surface area contributed by atoms with Gasteiger partial charge in [-0.05, 0) is 44.4 Å². The molecule has 1 N–H and O–H groups in total. The molecule has 0 aromatic heterocycles. The van der Waals surface area contributed by atoms with Gasteiger partial charge in [0.1, 0.15) is 0 Å². The summed E-state index contributed by atoms with van der Waals surface area (Å²) in [6.07, 6.45) is 8.04. The molecule has 3 aliphatic rings. The van der Waals surface area contributed by atoms with Crippen molar-refractivity contribution >= 4 is 10.2 Å². The van der Waals surface area contributed by atoms with E-state index in [0.29, 0.717) is 25.0 Å². The van der Waals surface area contributed by atoms with E-state index < -0.39 is 10.2 Å². The standard InChI is InChI=1S/C15H29N3O2S/c1-2-17(12-13-6-7-13)21(19,20)18-10-4-3-5-15(18)11-16-14-8-9-14/h13-16H,2-12H2,1H3. The fraction of sp³-hybridized carbons (Fsp3) is 1.00. The molecule has 1 atom stereocenters. The lowest BCUT2D eigenvalue weighted by Crippen LogP contribution is -2.54. The zero-order valence-electron chi connectivity index (χ0n) is 13.1. The van der Waals surface area contributed by atoms with E-state index >= 15 is 0 Å². The molecule has 1 heterocycles. The summed E-state index contributed by atoms with van der Waals surface area (Å²) in [6, 6.07) is 0.794. The molecule has 0 aromatic rings. The molecule has 6 heteroatoms. The average Bonchev–Trinajstić information content (AvgIpc) is 3.37. The number of nitrogens with one attached hydrogen (secondary N) is 1. The van der Waals surface area contributed by atoms with Crippen LogP contribution in [0.5, 0.6) is 0 Å². The molecular formula is C15H29N3O2S. The Morgan fingerprint density at radius 1 is 1.14 bits per heavy atom. The molecule has 1 unspecified atom stereocenters. The second-order valence-corrected chi connectivity index (χ2v) is 8.73. The number of hydrogen-bond acceptors (Lipinski definition) is 3. The Morgan fingerprint density at radius 2 is 1.90 bits per heavy atom. The summed E-state index contributed by atoms with van der Waals surface area (Å²) in [7, 11) is -3.28. The number of rotatable bonds is 8. The van der Waals surface area contributed by atoms with Gasteiger partial charge in [-0.3, -0.25) is 0 Å². The maximum absolute atomic E-state index is 13.0. The van der Waals surface area contributed by atoms with Crippen LogP contribution in [0.15, 0.2) is 0 Å². The van der Waals surface area contributed by atoms with E-state index in [-0.39, 0.29) is 6.04 Å². The normalized spacial score (nSPS) is 28.2. The predicted molar refractivity (Wildman–Crippen MR) is 84.3 cm³/mol. The third-order valence-electron chi connectivity index (χ3n) is 4.93. The SMILES string of the molecule is CCN(CC1CC1)S(=O)(=O)N1CCCCC1CNC1CC1. The minimum Gasteiger partial charge on any atom is -0.312 e. The number of nitrogens with zero attached hydrogens (tertiary/aromatic N) is 2. The maximum atomic E-state index is 13.0. The lowest BCUT2D eigenvalue weighted by Gasteiger charge is -2.38. The van der Waals surface area contributed by atoms with E-state index in [1.165, 1.54) is 25.7 Å². The monoisotopic (exact) mass is 315 g/mol. The highest BCUT2D eigenvalue weighted by Gasteiger charge is 2.38. The first-order valence-electron chi connectivity index (χ1n) is 8.61. The van der Waals surface area contributed by atoms with Crippen molar-refractivity contribution in [1.82, 2.24) is 13.9 Å². The van der Waals surface area contributed by atoms with Crippen molar-refractivity contribution in [1.29, 1.82) is 0 Å². The van der Waals surface area contributed by atoms with E-state index in [1.807, 2.05) is 6.92 Å². The zero-order valence-corrected chi connectivity index (χ0v) is 13.9. The Balaban J connectivity index is 1.66. The summed E-state index contributed by atoms with van der Waals surface area (Å²) >= 11 is 0. The summed E-state index contributed by atoms with van der Waals surface area (Å²) in [4.78, 5) is 0. The lowest BCUT2D eigenvalue weighted by molar-refractivity contribution is 0.225. The van der Waals surface area contributed by atoms with Gasteiger partial charge in [-0.15, -0.1) is 0 Å². The van der Waals surface area contributed by atoms with E-state index in [9.17, 15) is 8.42 Å². The van der Waals surface area contributed by atoms with Crippen LogP contribution in [0.3, 0.4) is 0 Å². The minimum absolute atomic E-state index is 0.151. The van der Waals surface area contributed by atoms with Gasteiger partial charge in [-0.2, -0.15) is 17.0 Å². The van der Waals surface area contributed by atoms with Gasteiger partial charge in [-0.1, -0.05) is 13.3 Å². The molecule has 122 valence electrons. The van der Waals surface area contributed by atoms with Crippen molar-refractivity contribution in [3.63, 3.8) is 0 Å². The Bertz CT molecular complexity index is 446. The second kappa shape index (κ2) is 6.52. The molecular weight excluding hydrogens is 286 g/mol. The molecule has 0 bridgehead atoms. The Labute approximate surface area is 129 Å². The molecule has 3 fully saturated rings. The van der Waals surface area contributed by atoms with E-state index in [0.717, 1.165) is 32.4 Å². The van der Waals surface area contributed by atoms with Crippen molar-refractivity contribution in [3.8, 4) is 0 Å². The van der Waals surface area contributed by atoms with E-state index in [4.69, 9.17) is 0 Å². The predicted octanol–water partition coefficient (Wildman–Crippen LogP) is 1.57. The molecule has 0 amide bonds. The van der Waals surface area contributed by atoms with Gasteiger partial charge >= 0.3 is 0 Å². The highest BCUT2D eigenvalue weighted by molar-refractivity contribution is 7.86. The second-order valence-electron chi connectivity index (χ2n) is 6.84. The molecule has 1 saturated heterocycles. The van der Waals surface area contributed by atoms with Gasteiger partial charge in [-0.25, -0.2) is 0 Å². The average molecular weight is 315 g/mol. The summed E-state index contributed by atoms with van der Waals surface area (Å²) in [5.74, 6) is 0.604. The van der Waals surface area contributed by atoms with Crippen LogP contribution in [0.1, 0.15) is 51.9 Å². The van der Waals surface area contributed by atoms with Crippen LogP contribution < -0.4 is 5.32 Å². The van der Waals surface area contributed by atoms with Crippen LogP contribution in [-0.2, 0) is 10.2 Å². The quantitative estimate of drug-likeness (QED) is 0.740. The van der Waals surface area contributed by atoms with Gasteiger partial charge in [0.25, 0.3) is 10.2 Å². The van der Waals surface area contributed by atoms with Gasteiger partial charge in [0.2, 0.25) is 0 Å². The van der Waals surface area contributed by atoms with Gasteiger partial charge in [0.15, 0.2) is 0 Å². The highest BCUT2D eigenvalue weighted by Crippen LogP contribution is 2.32. The Morgan fingerprint density at radius 3 is 2.52 bits per heavy atom. The van der Waals surface area contributed by atoms with Crippen LogP contribution in [0, 0.1) is 5.92 Å². The summed E-state index contributed by atoms with van der Waals surface area (Å²) in [5.41, 5.74) is 0. The topological polar surface area (TPSA) is 52.7 Å². The first-order chi connectivity index (χ1) is 10.1. The molecule has 5 nitrogen and oxygen atoms in total. The summed E-state index contributed by atoms with van der Waals surface area (Å²) in [5, 5.41) is 3.51. The van der Waals surface area contributed by atoms with Crippen LogP contribution in [-0.4, -0.2) is 55.3 Å². The molecule has 3 rings (SSSR count). The van der Waals surface area contributed by atoms with Crippen LogP contribution in [0.2, 0.25) is 0 Å².